The summed E-state index contributed by atoms with van der Waals surface area (Å²) in [5.41, 5.74) is 1.39. The van der Waals surface area contributed by atoms with Gasteiger partial charge < -0.3 is 0 Å². The molecule has 0 aromatic carbocycles. The molecule has 0 fully saturated rings. The molecule has 0 aliphatic heterocycles. The summed E-state index contributed by atoms with van der Waals surface area (Å²) in [6.45, 7) is 2.28. The van der Waals surface area contributed by atoms with Crippen LogP contribution in [0.1, 0.15) is 23.8 Å². The lowest BCUT2D eigenvalue weighted by molar-refractivity contribution is 0.509. The zero-order chi connectivity index (χ0) is 12.9. The van der Waals surface area contributed by atoms with Gasteiger partial charge in [-0.15, -0.1) is 11.3 Å². The van der Waals surface area contributed by atoms with Gasteiger partial charge >= 0.3 is 0 Å². The van der Waals surface area contributed by atoms with Crippen LogP contribution in [-0.4, -0.2) is 15.8 Å². The average molecular weight is 280 g/mol. The standard InChI is InChI=1S/C13H16N2OS2/c1-7-4-5-8-9(6-7)18-11-10(8)12(16)15(2)13(14-11)17-3/h7H,4-6H2,1-3H3. The number of thiophene rings is 1. The smallest absolute Gasteiger partial charge is 0.262 e. The van der Waals surface area contributed by atoms with Gasteiger partial charge in [0.1, 0.15) is 4.83 Å². The zero-order valence-corrected chi connectivity index (χ0v) is 12.5. The fourth-order valence-corrected chi connectivity index (χ4v) is 4.61. The zero-order valence-electron chi connectivity index (χ0n) is 10.8. The number of rotatable bonds is 1. The van der Waals surface area contributed by atoms with Crippen LogP contribution >= 0.6 is 23.1 Å². The van der Waals surface area contributed by atoms with Crippen molar-refractivity contribution in [3.8, 4) is 0 Å². The normalized spacial score (nSPS) is 19.2. The van der Waals surface area contributed by atoms with Crippen LogP contribution in [0.15, 0.2) is 9.95 Å². The summed E-state index contributed by atoms with van der Waals surface area (Å²) in [4.78, 5) is 19.4. The summed E-state index contributed by atoms with van der Waals surface area (Å²) >= 11 is 3.25. The van der Waals surface area contributed by atoms with Gasteiger partial charge in [0.2, 0.25) is 0 Å². The third-order valence-electron chi connectivity index (χ3n) is 3.68. The van der Waals surface area contributed by atoms with E-state index in [9.17, 15) is 4.79 Å². The summed E-state index contributed by atoms with van der Waals surface area (Å²) in [6.07, 6.45) is 5.29. The fourth-order valence-electron chi connectivity index (χ4n) is 2.63. The lowest BCUT2D eigenvalue weighted by Crippen LogP contribution is -2.20. The molecule has 0 saturated heterocycles. The Morgan fingerprint density at radius 2 is 2.28 bits per heavy atom. The van der Waals surface area contributed by atoms with Crippen molar-refractivity contribution in [1.82, 2.24) is 9.55 Å². The largest absolute Gasteiger partial charge is 0.290 e. The SMILES string of the molecule is CSc1nc2sc3c(c2c(=O)n1C)CCC(C)C3. The molecule has 0 spiro atoms. The van der Waals surface area contributed by atoms with Gasteiger partial charge in [-0.1, -0.05) is 18.7 Å². The van der Waals surface area contributed by atoms with Gasteiger partial charge in [-0.2, -0.15) is 0 Å². The molecule has 0 bridgehead atoms. The van der Waals surface area contributed by atoms with Crippen molar-refractivity contribution in [2.75, 3.05) is 6.26 Å². The molecule has 3 nitrogen and oxygen atoms in total. The van der Waals surface area contributed by atoms with Gasteiger partial charge in [0.05, 0.1) is 5.39 Å². The second-order valence-corrected chi connectivity index (χ2v) is 6.85. The van der Waals surface area contributed by atoms with Crippen LogP contribution in [0.3, 0.4) is 0 Å². The maximum atomic E-state index is 12.4. The first kappa shape index (κ1) is 12.2. The minimum atomic E-state index is 0.122. The molecule has 96 valence electrons. The first-order valence-electron chi connectivity index (χ1n) is 6.17. The highest BCUT2D eigenvalue weighted by Gasteiger charge is 2.23. The molecule has 2 heterocycles. The monoisotopic (exact) mass is 280 g/mol. The minimum Gasteiger partial charge on any atom is -0.290 e. The van der Waals surface area contributed by atoms with Gasteiger partial charge in [0.25, 0.3) is 5.56 Å². The Balaban J connectivity index is 2.33. The van der Waals surface area contributed by atoms with Crippen LogP contribution in [0.2, 0.25) is 0 Å². The number of aryl methyl sites for hydroxylation is 1. The molecule has 2 aromatic heterocycles. The predicted molar refractivity (Wildman–Crippen MR) is 77.8 cm³/mol. The Morgan fingerprint density at radius 3 is 3.00 bits per heavy atom. The molecular weight excluding hydrogens is 264 g/mol. The number of hydrogen-bond donors (Lipinski definition) is 0. The van der Waals surface area contributed by atoms with Gasteiger partial charge in [0.15, 0.2) is 5.16 Å². The van der Waals surface area contributed by atoms with E-state index in [1.54, 1.807) is 15.9 Å². The summed E-state index contributed by atoms with van der Waals surface area (Å²) in [5, 5.41) is 1.68. The van der Waals surface area contributed by atoms with E-state index < -0.39 is 0 Å². The predicted octanol–water partition coefficient (Wildman–Crippen LogP) is 2.84. The Morgan fingerprint density at radius 1 is 1.50 bits per heavy atom. The molecular formula is C13H16N2OS2. The first-order chi connectivity index (χ1) is 8.61. The maximum Gasteiger partial charge on any atom is 0.262 e. The van der Waals surface area contributed by atoms with Crippen LogP contribution in [0.25, 0.3) is 10.2 Å². The second-order valence-electron chi connectivity index (χ2n) is 4.99. The van der Waals surface area contributed by atoms with Crippen molar-refractivity contribution in [3.05, 3.63) is 20.8 Å². The van der Waals surface area contributed by atoms with Crippen LogP contribution in [0, 0.1) is 5.92 Å². The van der Waals surface area contributed by atoms with E-state index in [1.165, 1.54) is 28.6 Å². The highest BCUT2D eigenvalue weighted by Crippen LogP contribution is 2.36. The van der Waals surface area contributed by atoms with E-state index in [0.29, 0.717) is 0 Å². The highest BCUT2D eigenvalue weighted by atomic mass is 32.2. The Kier molecular flexibility index (Phi) is 2.98. The van der Waals surface area contributed by atoms with E-state index in [0.717, 1.165) is 34.1 Å². The summed E-state index contributed by atoms with van der Waals surface area (Å²) in [5.74, 6) is 0.731. The molecule has 3 rings (SSSR count). The van der Waals surface area contributed by atoms with Crippen molar-refractivity contribution in [2.24, 2.45) is 13.0 Å². The molecule has 1 aliphatic carbocycles. The van der Waals surface area contributed by atoms with E-state index in [4.69, 9.17) is 0 Å². The van der Waals surface area contributed by atoms with Gasteiger partial charge in [-0.3, -0.25) is 9.36 Å². The fraction of sp³-hybridized carbons (Fsp3) is 0.538. The highest BCUT2D eigenvalue weighted by molar-refractivity contribution is 7.98. The van der Waals surface area contributed by atoms with Crippen molar-refractivity contribution >= 4 is 33.3 Å². The van der Waals surface area contributed by atoms with E-state index in [1.807, 2.05) is 13.3 Å². The Bertz CT molecular complexity index is 672. The molecule has 2 aromatic rings. The second kappa shape index (κ2) is 4.38. The molecule has 1 atom stereocenters. The summed E-state index contributed by atoms with van der Waals surface area (Å²) in [6, 6.07) is 0. The molecule has 0 N–H and O–H groups in total. The third-order valence-corrected chi connectivity index (χ3v) is 5.56. The molecule has 0 radical (unpaired) electrons. The van der Waals surface area contributed by atoms with Crippen molar-refractivity contribution < 1.29 is 0 Å². The van der Waals surface area contributed by atoms with Crippen LogP contribution in [-0.2, 0) is 19.9 Å². The van der Waals surface area contributed by atoms with Gasteiger partial charge in [-0.05, 0) is 37.0 Å². The molecule has 1 aliphatic rings. The molecule has 0 amide bonds. The molecule has 1 unspecified atom stereocenters. The lowest BCUT2D eigenvalue weighted by Gasteiger charge is -2.17. The maximum absolute atomic E-state index is 12.4. The van der Waals surface area contributed by atoms with E-state index in [-0.39, 0.29) is 5.56 Å². The summed E-state index contributed by atoms with van der Waals surface area (Å²) < 4.78 is 1.68. The van der Waals surface area contributed by atoms with E-state index in [2.05, 4.69) is 11.9 Å². The molecule has 0 saturated carbocycles. The summed E-state index contributed by atoms with van der Waals surface area (Å²) in [7, 11) is 1.82. The van der Waals surface area contributed by atoms with Crippen molar-refractivity contribution in [2.45, 2.75) is 31.3 Å². The number of aromatic nitrogens is 2. The molecule has 5 heteroatoms. The van der Waals surface area contributed by atoms with Crippen LogP contribution in [0.5, 0.6) is 0 Å². The Hall–Kier alpha value is -0.810. The number of hydrogen-bond acceptors (Lipinski definition) is 4. The average Bonchev–Trinajstić information content (AvgIpc) is 2.70. The first-order valence-corrected chi connectivity index (χ1v) is 8.21. The van der Waals surface area contributed by atoms with Gasteiger partial charge in [-0.25, -0.2) is 4.98 Å². The quantitative estimate of drug-likeness (QED) is 0.595. The third kappa shape index (κ3) is 1.72. The van der Waals surface area contributed by atoms with Crippen LogP contribution < -0.4 is 5.56 Å². The topological polar surface area (TPSA) is 34.9 Å². The van der Waals surface area contributed by atoms with Gasteiger partial charge in [0, 0.05) is 11.9 Å². The van der Waals surface area contributed by atoms with Crippen molar-refractivity contribution in [3.63, 3.8) is 0 Å². The van der Waals surface area contributed by atoms with E-state index >= 15 is 0 Å². The number of fused-ring (bicyclic) bond motifs is 3. The number of thioether (sulfide) groups is 1. The Labute approximate surface area is 114 Å². The van der Waals surface area contributed by atoms with Crippen molar-refractivity contribution in [1.29, 1.82) is 0 Å². The molecule has 18 heavy (non-hydrogen) atoms. The number of nitrogens with zero attached hydrogens (tertiary/aromatic N) is 2. The van der Waals surface area contributed by atoms with Crippen LogP contribution in [0.4, 0.5) is 0 Å². The lowest BCUT2D eigenvalue weighted by atomic mass is 9.89. The minimum absolute atomic E-state index is 0.122.